The Labute approximate surface area is 109 Å². The average molecular weight is 272 g/mol. The predicted octanol–water partition coefficient (Wildman–Crippen LogP) is 3.80. The van der Waals surface area contributed by atoms with E-state index < -0.39 is 17.3 Å². The number of ether oxygens (including phenoxy) is 1. The highest BCUT2D eigenvalue weighted by molar-refractivity contribution is 8.00. The Hall–Kier alpha value is -1.36. The molecular formula is C13H14F2O2S. The molecule has 0 heterocycles. The largest absolute Gasteiger partial charge is 0.465 e. The standard InChI is InChI=1S/C13H14F2O2S/c1-3-17-13(16)11(8-12(14)15)18-10-6-4-9(2)5-7-10/h4-8,11H,3H2,1-2H3. The number of esters is 1. The fraction of sp³-hybridized carbons (Fsp3) is 0.308. The lowest BCUT2D eigenvalue weighted by molar-refractivity contribution is -0.141. The zero-order valence-electron chi connectivity index (χ0n) is 10.2. The summed E-state index contributed by atoms with van der Waals surface area (Å²) in [6.07, 6.45) is -1.27. The van der Waals surface area contributed by atoms with Gasteiger partial charge in [-0.25, -0.2) is 0 Å². The molecule has 0 fully saturated rings. The molecule has 0 bridgehead atoms. The topological polar surface area (TPSA) is 26.3 Å². The van der Waals surface area contributed by atoms with Gasteiger partial charge in [0.05, 0.1) is 6.61 Å². The Balaban J connectivity index is 2.81. The fourth-order valence-corrected chi connectivity index (χ4v) is 2.17. The van der Waals surface area contributed by atoms with Gasteiger partial charge in [-0.15, -0.1) is 11.8 Å². The van der Waals surface area contributed by atoms with E-state index in [4.69, 9.17) is 4.74 Å². The van der Waals surface area contributed by atoms with Gasteiger partial charge in [-0.3, -0.25) is 4.79 Å². The first-order valence-electron chi connectivity index (χ1n) is 5.45. The number of carbonyl (C=O) groups excluding carboxylic acids is 1. The van der Waals surface area contributed by atoms with E-state index in [-0.39, 0.29) is 6.61 Å². The molecule has 0 N–H and O–H groups in total. The molecule has 0 aliphatic carbocycles. The Bertz CT molecular complexity index is 425. The summed E-state index contributed by atoms with van der Waals surface area (Å²) in [6.45, 7) is 3.74. The van der Waals surface area contributed by atoms with Crippen molar-refractivity contribution < 1.29 is 18.3 Å². The Kier molecular flexibility index (Phi) is 5.85. The molecular weight excluding hydrogens is 258 g/mol. The third kappa shape index (κ3) is 4.87. The van der Waals surface area contributed by atoms with Crippen molar-refractivity contribution in [3.63, 3.8) is 0 Å². The minimum Gasteiger partial charge on any atom is -0.465 e. The van der Waals surface area contributed by atoms with Crippen molar-refractivity contribution in [1.29, 1.82) is 0 Å². The smallest absolute Gasteiger partial charge is 0.323 e. The van der Waals surface area contributed by atoms with Crippen molar-refractivity contribution in [3.8, 4) is 0 Å². The normalized spacial score (nSPS) is 11.8. The van der Waals surface area contributed by atoms with Crippen LogP contribution in [-0.4, -0.2) is 17.8 Å². The number of benzene rings is 1. The lowest BCUT2D eigenvalue weighted by Gasteiger charge is -2.11. The van der Waals surface area contributed by atoms with Gasteiger partial charge < -0.3 is 4.74 Å². The summed E-state index contributed by atoms with van der Waals surface area (Å²) in [5, 5.41) is -1.02. The maximum absolute atomic E-state index is 12.3. The minimum atomic E-state index is -1.88. The molecule has 1 aromatic carbocycles. The highest BCUT2D eigenvalue weighted by Crippen LogP contribution is 2.26. The quantitative estimate of drug-likeness (QED) is 0.602. The van der Waals surface area contributed by atoms with Gasteiger partial charge in [0.1, 0.15) is 5.25 Å². The van der Waals surface area contributed by atoms with Crippen LogP contribution in [0.2, 0.25) is 0 Å². The van der Waals surface area contributed by atoms with Crippen LogP contribution in [0, 0.1) is 6.92 Å². The zero-order valence-corrected chi connectivity index (χ0v) is 11.0. The van der Waals surface area contributed by atoms with Gasteiger partial charge in [0.15, 0.2) is 0 Å². The van der Waals surface area contributed by atoms with E-state index >= 15 is 0 Å². The van der Waals surface area contributed by atoms with E-state index in [0.717, 1.165) is 22.2 Å². The average Bonchev–Trinajstić information content (AvgIpc) is 2.31. The molecule has 1 unspecified atom stereocenters. The SMILES string of the molecule is CCOC(=O)C(C=C(F)F)Sc1ccc(C)cc1. The molecule has 0 aliphatic rings. The van der Waals surface area contributed by atoms with Crippen molar-refractivity contribution in [1.82, 2.24) is 0 Å². The van der Waals surface area contributed by atoms with E-state index in [2.05, 4.69) is 0 Å². The number of hydrogen-bond acceptors (Lipinski definition) is 3. The molecule has 0 saturated heterocycles. The first-order valence-corrected chi connectivity index (χ1v) is 6.33. The van der Waals surface area contributed by atoms with Gasteiger partial charge in [-0.05, 0) is 26.0 Å². The molecule has 98 valence electrons. The maximum Gasteiger partial charge on any atom is 0.323 e. The zero-order chi connectivity index (χ0) is 13.5. The van der Waals surface area contributed by atoms with Crippen LogP contribution in [0.15, 0.2) is 41.3 Å². The number of carbonyl (C=O) groups is 1. The molecule has 1 atom stereocenters. The summed E-state index contributed by atoms with van der Waals surface area (Å²) >= 11 is 1.04. The molecule has 1 aromatic rings. The maximum atomic E-state index is 12.3. The summed E-state index contributed by atoms with van der Waals surface area (Å²) in [5.74, 6) is -0.657. The van der Waals surface area contributed by atoms with Crippen LogP contribution in [0.25, 0.3) is 0 Å². The van der Waals surface area contributed by atoms with Crippen LogP contribution in [0.5, 0.6) is 0 Å². The van der Waals surface area contributed by atoms with Crippen LogP contribution < -0.4 is 0 Å². The number of hydrogen-bond donors (Lipinski definition) is 0. The molecule has 0 saturated carbocycles. The van der Waals surface area contributed by atoms with Crippen LogP contribution in [0.4, 0.5) is 8.78 Å². The van der Waals surface area contributed by atoms with Crippen molar-refractivity contribution in [2.45, 2.75) is 24.0 Å². The van der Waals surface area contributed by atoms with Crippen LogP contribution in [0.1, 0.15) is 12.5 Å². The van der Waals surface area contributed by atoms with E-state index in [9.17, 15) is 13.6 Å². The highest BCUT2D eigenvalue weighted by Gasteiger charge is 2.20. The Morgan fingerprint density at radius 2 is 2.00 bits per heavy atom. The van der Waals surface area contributed by atoms with Gasteiger partial charge in [0.2, 0.25) is 0 Å². The lowest BCUT2D eigenvalue weighted by Crippen LogP contribution is -2.18. The van der Waals surface area contributed by atoms with Gasteiger partial charge >= 0.3 is 5.97 Å². The number of halogens is 2. The van der Waals surface area contributed by atoms with Crippen molar-refractivity contribution >= 4 is 17.7 Å². The lowest BCUT2D eigenvalue weighted by atomic mass is 10.2. The molecule has 18 heavy (non-hydrogen) atoms. The predicted molar refractivity (Wildman–Crippen MR) is 67.8 cm³/mol. The first kappa shape index (κ1) is 14.7. The molecule has 0 spiro atoms. The van der Waals surface area contributed by atoms with Crippen LogP contribution in [-0.2, 0) is 9.53 Å². The van der Waals surface area contributed by atoms with E-state index in [1.165, 1.54) is 0 Å². The molecule has 5 heteroatoms. The van der Waals surface area contributed by atoms with Crippen molar-refractivity contribution in [2.24, 2.45) is 0 Å². The van der Waals surface area contributed by atoms with Crippen LogP contribution >= 0.6 is 11.8 Å². The summed E-state index contributed by atoms with van der Waals surface area (Å²) in [6, 6.07) is 7.30. The van der Waals surface area contributed by atoms with Gasteiger partial charge in [-0.2, -0.15) is 8.78 Å². The van der Waals surface area contributed by atoms with Crippen LogP contribution in [0.3, 0.4) is 0 Å². The summed E-state index contributed by atoms with van der Waals surface area (Å²) < 4.78 is 29.3. The second-order valence-electron chi connectivity index (χ2n) is 3.56. The molecule has 0 aromatic heterocycles. The third-order valence-electron chi connectivity index (χ3n) is 2.08. The number of rotatable bonds is 5. The highest BCUT2D eigenvalue weighted by atomic mass is 32.2. The molecule has 1 rings (SSSR count). The third-order valence-corrected chi connectivity index (χ3v) is 3.21. The second kappa shape index (κ2) is 7.16. The monoisotopic (exact) mass is 272 g/mol. The second-order valence-corrected chi connectivity index (χ2v) is 4.77. The summed E-state index contributed by atoms with van der Waals surface area (Å²) in [4.78, 5) is 12.3. The van der Waals surface area contributed by atoms with Gasteiger partial charge in [0, 0.05) is 11.0 Å². The first-order chi connectivity index (χ1) is 8.52. The summed E-state index contributed by atoms with van der Waals surface area (Å²) in [5.41, 5.74) is 1.07. The molecule has 0 radical (unpaired) electrons. The van der Waals surface area contributed by atoms with Gasteiger partial charge in [0.25, 0.3) is 6.08 Å². The molecule has 2 nitrogen and oxygen atoms in total. The Morgan fingerprint density at radius 3 is 2.50 bits per heavy atom. The van der Waals surface area contributed by atoms with E-state index in [0.29, 0.717) is 6.08 Å². The Morgan fingerprint density at radius 1 is 1.39 bits per heavy atom. The number of thioether (sulfide) groups is 1. The molecule has 0 aliphatic heterocycles. The minimum absolute atomic E-state index is 0.172. The number of aryl methyl sites for hydroxylation is 1. The van der Waals surface area contributed by atoms with Gasteiger partial charge in [-0.1, -0.05) is 17.7 Å². The van der Waals surface area contributed by atoms with Crippen molar-refractivity contribution in [3.05, 3.63) is 42.0 Å². The van der Waals surface area contributed by atoms with E-state index in [1.807, 2.05) is 19.1 Å². The fourth-order valence-electron chi connectivity index (χ4n) is 1.25. The van der Waals surface area contributed by atoms with Crippen molar-refractivity contribution in [2.75, 3.05) is 6.61 Å². The van der Waals surface area contributed by atoms with E-state index in [1.54, 1.807) is 19.1 Å². The molecule has 0 amide bonds. The summed E-state index contributed by atoms with van der Waals surface area (Å²) in [7, 11) is 0.